The lowest BCUT2D eigenvalue weighted by Gasteiger charge is -2.41. The minimum atomic E-state index is -4.86. The Kier molecular flexibility index (Phi) is 6.38. The highest BCUT2D eigenvalue weighted by Crippen LogP contribution is 2.46. The van der Waals surface area contributed by atoms with Crippen molar-refractivity contribution in [1.29, 1.82) is 5.26 Å². The Morgan fingerprint density at radius 3 is 2.45 bits per heavy atom. The van der Waals surface area contributed by atoms with Crippen LogP contribution < -0.4 is 10.2 Å². The number of rotatable bonds is 3. The zero-order valence-electron chi connectivity index (χ0n) is 20.4. The molecule has 5 rings (SSSR count). The van der Waals surface area contributed by atoms with E-state index in [2.05, 4.69) is 10.3 Å². The van der Waals surface area contributed by atoms with Gasteiger partial charge in [-0.15, -0.1) is 0 Å². The van der Waals surface area contributed by atoms with E-state index in [1.54, 1.807) is 0 Å². The molecule has 1 saturated heterocycles. The zero-order valence-corrected chi connectivity index (χ0v) is 21.2. The number of nitriles is 1. The van der Waals surface area contributed by atoms with E-state index in [-0.39, 0.29) is 35.2 Å². The first-order valence-corrected chi connectivity index (χ1v) is 12.6. The van der Waals surface area contributed by atoms with Crippen molar-refractivity contribution in [3.63, 3.8) is 0 Å². The number of benzene rings is 1. The summed E-state index contributed by atoms with van der Waals surface area (Å²) in [6.07, 6.45) is 0.728. The third-order valence-corrected chi connectivity index (χ3v) is 8.05. The van der Waals surface area contributed by atoms with Crippen LogP contribution in [0.3, 0.4) is 0 Å². The smallest absolute Gasteiger partial charge is 0.355 e. The van der Waals surface area contributed by atoms with Gasteiger partial charge in [0.05, 0.1) is 23.0 Å². The number of nitrogens with zero attached hydrogens (tertiary/aromatic N) is 4. The lowest BCUT2D eigenvalue weighted by molar-refractivity contribution is -0.138. The second-order valence-corrected chi connectivity index (χ2v) is 10.2. The van der Waals surface area contributed by atoms with Crippen LogP contribution in [0.4, 0.5) is 23.2 Å². The van der Waals surface area contributed by atoms with E-state index in [0.29, 0.717) is 11.1 Å². The third kappa shape index (κ3) is 4.00. The highest BCUT2D eigenvalue weighted by atomic mass is 32.1. The largest absolute Gasteiger partial charge is 0.419 e. The molecule has 1 atom stereocenters. The van der Waals surface area contributed by atoms with Crippen molar-refractivity contribution in [2.75, 3.05) is 11.9 Å². The number of alkyl halides is 3. The maximum absolute atomic E-state index is 14.8. The molecule has 1 aromatic heterocycles. The number of thiocarbonyl (C=S) groups is 1. The number of nitrogens with one attached hydrogen (secondary N) is 1. The molecule has 7 nitrogen and oxygen atoms in total. The Hall–Kier alpha value is -3.59. The summed E-state index contributed by atoms with van der Waals surface area (Å²) in [7, 11) is 1.39. The van der Waals surface area contributed by atoms with Gasteiger partial charge in [-0.3, -0.25) is 14.5 Å². The van der Waals surface area contributed by atoms with Crippen molar-refractivity contribution in [2.24, 2.45) is 0 Å². The van der Waals surface area contributed by atoms with Crippen molar-refractivity contribution in [2.45, 2.75) is 62.7 Å². The SMILES string of the molecule is CNC(=O)c1cc2c(cc1F)CC1(C2)C(=O)N(c2cnc(C#N)c(C(F)(F)F)c2)C(=S)N1C1CCCCC1. The lowest BCUT2D eigenvalue weighted by atomic mass is 9.87. The van der Waals surface area contributed by atoms with Gasteiger partial charge in [0.25, 0.3) is 11.8 Å². The summed E-state index contributed by atoms with van der Waals surface area (Å²) < 4.78 is 55.9. The van der Waals surface area contributed by atoms with Gasteiger partial charge in [-0.1, -0.05) is 19.3 Å². The number of aromatic nitrogens is 1. The van der Waals surface area contributed by atoms with Crippen LogP contribution in [0.2, 0.25) is 0 Å². The molecule has 1 unspecified atom stereocenters. The first-order valence-electron chi connectivity index (χ1n) is 12.2. The molecule has 1 spiro atoms. The quantitative estimate of drug-likeness (QED) is 0.458. The van der Waals surface area contributed by atoms with Crippen LogP contribution in [0, 0.1) is 17.1 Å². The van der Waals surface area contributed by atoms with Crippen molar-refractivity contribution in [3.05, 3.63) is 58.2 Å². The minimum Gasteiger partial charge on any atom is -0.355 e. The van der Waals surface area contributed by atoms with Crippen LogP contribution in [0.25, 0.3) is 0 Å². The molecule has 1 aliphatic heterocycles. The number of carbonyl (C=O) groups is 2. The van der Waals surface area contributed by atoms with Gasteiger partial charge in [0, 0.05) is 25.9 Å². The van der Waals surface area contributed by atoms with E-state index >= 15 is 0 Å². The average Bonchev–Trinajstić information content (AvgIpc) is 3.35. The molecule has 1 saturated carbocycles. The third-order valence-electron chi connectivity index (χ3n) is 7.67. The summed E-state index contributed by atoms with van der Waals surface area (Å²) >= 11 is 5.75. The Bertz CT molecular complexity index is 1400. The normalized spacial score (nSPS) is 21.7. The molecule has 2 aromatic rings. The van der Waals surface area contributed by atoms with Gasteiger partial charge in [0.2, 0.25) is 0 Å². The van der Waals surface area contributed by atoms with E-state index in [4.69, 9.17) is 17.5 Å². The maximum atomic E-state index is 14.8. The number of hydrogen-bond acceptors (Lipinski definition) is 5. The number of amides is 2. The maximum Gasteiger partial charge on any atom is 0.419 e. The van der Waals surface area contributed by atoms with Gasteiger partial charge in [-0.05, 0) is 54.4 Å². The fourth-order valence-electron chi connectivity index (χ4n) is 5.95. The van der Waals surface area contributed by atoms with Crippen LogP contribution >= 0.6 is 12.2 Å². The van der Waals surface area contributed by atoms with E-state index in [1.165, 1.54) is 25.2 Å². The fraction of sp³-hybridized carbons (Fsp3) is 0.423. The van der Waals surface area contributed by atoms with Crippen LogP contribution in [0.1, 0.15) is 64.8 Å². The molecule has 1 N–H and O–H groups in total. The summed E-state index contributed by atoms with van der Waals surface area (Å²) in [4.78, 5) is 32.9. The topological polar surface area (TPSA) is 89.3 Å². The van der Waals surface area contributed by atoms with Crippen LogP contribution in [-0.2, 0) is 23.8 Å². The van der Waals surface area contributed by atoms with Crippen LogP contribution in [-0.4, -0.2) is 45.4 Å². The first kappa shape index (κ1) is 26.0. The van der Waals surface area contributed by atoms with Gasteiger partial charge in [0.1, 0.15) is 17.4 Å². The number of halogens is 4. The molecular weight excluding hydrogens is 522 g/mol. The minimum absolute atomic E-state index is 0.0568. The lowest BCUT2D eigenvalue weighted by Crippen LogP contribution is -2.55. The molecule has 2 aliphatic carbocycles. The predicted octanol–water partition coefficient (Wildman–Crippen LogP) is 4.27. The summed E-state index contributed by atoms with van der Waals surface area (Å²) in [6.45, 7) is 0. The molecule has 12 heteroatoms. The summed E-state index contributed by atoms with van der Waals surface area (Å²) in [5.74, 6) is -1.86. The Balaban J connectivity index is 1.62. The van der Waals surface area contributed by atoms with Crippen molar-refractivity contribution in [3.8, 4) is 6.07 Å². The standard InChI is InChI=1S/C26H23F4N5O2S/c1-32-22(36)18-7-14-10-25(11-15(14)8-20(18)27)23(37)34(24(38)35(25)16-5-3-2-4-6-16)17-9-19(26(28,29)30)21(12-31)33-13-17/h7-9,13,16H,2-6,10-11H2,1H3,(H,32,36). The zero-order chi connectivity index (χ0) is 27.4. The predicted molar refractivity (Wildman–Crippen MR) is 133 cm³/mol. The molecule has 0 bridgehead atoms. The monoisotopic (exact) mass is 545 g/mol. The van der Waals surface area contributed by atoms with E-state index < -0.39 is 40.6 Å². The van der Waals surface area contributed by atoms with Crippen molar-refractivity contribution < 1.29 is 27.2 Å². The van der Waals surface area contributed by atoms with E-state index in [0.717, 1.165) is 49.3 Å². The van der Waals surface area contributed by atoms with Gasteiger partial charge in [-0.25, -0.2) is 9.37 Å². The van der Waals surface area contributed by atoms with E-state index in [1.807, 2.05) is 4.90 Å². The molecule has 198 valence electrons. The van der Waals surface area contributed by atoms with Gasteiger partial charge in [-0.2, -0.15) is 18.4 Å². The van der Waals surface area contributed by atoms with E-state index in [9.17, 15) is 27.2 Å². The first-order chi connectivity index (χ1) is 18.0. The van der Waals surface area contributed by atoms with Crippen molar-refractivity contribution in [1.82, 2.24) is 15.2 Å². The number of fused-ring (bicyclic) bond motifs is 1. The highest BCUT2D eigenvalue weighted by molar-refractivity contribution is 7.80. The number of hydrogen-bond donors (Lipinski definition) is 1. The second kappa shape index (κ2) is 9.31. The molecule has 0 radical (unpaired) electrons. The number of pyridine rings is 1. The van der Waals surface area contributed by atoms with Crippen LogP contribution in [0.5, 0.6) is 0 Å². The van der Waals surface area contributed by atoms with Crippen LogP contribution in [0.15, 0.2) is 24.4 Å². The summed E-state index contributed by atoms with van der Waals surface area (Å²) in [5.41, 5.74) is -2.52. The van der Waals surface area contributed by atoms with Gasteiger partial charge in [0.15, 0.2) is 10.8 Å². The Morgan fingerprint density at radius 2 is 1.84 bits per heavy atom. The molecule has 1 aromatic carbocycles. The Labute approximate surface area is 221 Å². The molecule has 2 amide bonds. The van der Waals surface area contributed by atoms with Crippen molar-refractivity contribution >= 4 is 34.8 Å². The van der Waals surface area contributed by atoms with Gasteiger partial charge >= 0.3 is 6.18 Å². The highest BCUT2D eigenvalue weighted by Gasteiger charge is 2.60. The number of carbonyl (C=O) groups excluding carboxylic acids is 2. The summed E-state index contributed by atoms with van der Waals surface area (Å²) in [5, 5.41) is 11.6. The molecule has 2 fully saturated rings. The second-order valence-electron chi connectivity index (χ2n) is 9.85. The average molecular weight is 546 g/mol. The number of anilines is 1. The fourth-order valence-corrected chi connectivity index (χ4v) is 6.47. The molecule has 2 heterocycles. The Morgan fingerprint density at radius 1 is 1.18 bits per heavy atom. The molecule has 3 aliphatic rings. The molecular formula is C26H23F4N5O2S. The van der Waals surface area contributed by atoms with Gasteiger partial charge < -0.3 is 10.2 Å². The summed E-state index contributed by atoms with van der Waals surface area (Å²) in [6, 6.07) is 4.71. The molecule has 38 heavy (non-hydrogen) atoms.